The number of benzene rings is 3. The molecule has 1 atom stereocenters. The van der Waals surface area contributed by atoms with Gasteiger partial charge in [-0.2, -0.15) is 0 Å². The summed E-state index contributed by atoms with van der Waals surface area (Å²) >= 11 is 0. The predicted molar refractivity (Wildman–Crippen MR) is 126 cm³/mol. The fourth-order valence-corrected chi connectivity index (χ4v) is 4.66. The Morgan fingerprint density at radius 1 is 0.970 bits per heavy atom. The predicted octanol–water partition coefficient (Wildman–Crippen LogP) is 4.60. The number of ether oxygens (including phenoxy) is 1. The minimum Gasteiger partial charge on any atom is -0.480 e. The molecule has 4 rings (SSSR count). The third-order valence-corrected chi connectivity index (χ3v) is 6.87. The second-order valence-electron chi connectivity index (χ2n) is 7.63. The maximum atomic E-state index is 12.7. The Morgan fingerprint density at radius 2 is 1.61 bits per heavy atom. The van der Waals surface area contributed by atoms with Gasteiger partial charge in [0.05, 0.1) is 4.90 Å². The van der Waals surface area contributed by atoms with Crippen molar-refractivity contribution in [3.05, 3.63) is 90.6 Å². The highest BCUT2D eigenvalue weighted by molar-refractivity contribution is 7.89. The summed E-state index contributed by atoms with van der Waals surface area (Å²) in [6, 6.07) is 22.3. The van der Waals surface area contributed by atoms with Gasteiger partial charge in [-0.05, 0) is 61.4 Å². The van der Waals surface area contributed by atoms with Gasteiger partial charge < -0.3 is 14.4 Å². The zero-order valence-corrected chi connectivity index (χ0v) is 18.8. The van der Waals surface area contributed by atoms with Crippen LogP contribution in [0, 0.1) is 0 Å². The monoisotopic (exact) mass is 464 g/mol. The van der Waals surface area contributed by atoms with Crippen molar-refractivity contribution >= 4 is 26.9 Å². The smallest absolute Gasteiger partial charge is 0.326 e. The van der Waals surface area contributed by atoms with Gasteiger partial charge in [0.2, 0.25) is 10.0 Å². The zero-order valence-electron chi connectivity index (χ0n) is 18.0. The number of para-hydroxylation sites is 2. The van der Waals surface area contributed by atoms with Gasteiger partial charge in [0.25, 0.3) is 0 Å². The molecule has 0 spiro atoms. The number of aromatic nitrogens is 1. The second kappa shape index (κ2) is 9.48. The van der Waals surface area contributed by atoms with Crippen LogP contribution in [-0.4, -0.2) is 30.6 Å². The molecule has 3 aromatic carbocycles. The minimum absolute atomic E-state index is 0.143. The Balaban J connectivity index is 1.44. The van der Waals surface area contributed by atoms with Crippen molar-refractivity contribution < 1.29 is 23.1 Å². The van der Waals surface area contributed by atoms with Crippen molar-refractivity contribution in [2.75, 3.05) is 6.54 Å². The number of aliphatic carboxylic acids is 1. The van der Waals surface area contributed by atoms with Crippen LogP contribution in [0.1, 0.15) is 18.5 Å². The standard InChI is InChI=1S/C25H24N2O5S/c1-18(25(28)29)27-17-19(23-9-5-6-10-24(23)27)15-16-26-33(30,31)22-13-11-21(12-14-22)32-20-7-3-2-4-8-20/h2-14,17-18,26H,15-16H2,1H3,(H,28,29). The number of nitrogens with zero attached hydrogens (tertiary/aromatic N) is 1. The summed E-state index contributed by atoms with van der Waals surface area (Å²) in [6.07, 6.45) is 2.21. The molecule has 0 aliphatic rings. The Hall–Kier alpha value is -3.62. The zero-order chi connectivity index (χ0) is 23.4. The first kappa shape index (κ1) is 22.6. The molecule has 0 saturated heterocycles. The summed E-state index contributed by atoms with van der Waals surface area (Å²) in [5.41, 5.74) is 1.69. The van der Waals surface area contributed by atoms with Crippen molar-refractivity contribution in [3.8, 4) is 11.5 Å². The largest absolute Gasteiger partial charge is 0.480 e. The molecule has 8 heteroatoms. The van der Waals surface area contributed by atoms with E-state index in [2.05, 4.69) is 4.72 Å². The van der Waals surface area contributed by atoms with E-state index < -0.39 is 22.0 Å². The number of carbonyl (C=O) groups is 1. The maximum Gasteiger partial charge on any atom is 0.326 e. The lowest BCUT2D eigenvalue weighted by atomic mass is 10.1. The third kappa shape index (κ3) is 5.08. The van der Waals surface area contributed by atoms with E-state index in [0.717, 1.165) is 16.5 Å². The van der Waals surface area contributed by atoms with Crippen LogP contribution in [0.5, 0.6) is 11.5 Å². The molecular formula is C25H24N2O5S. The molecule has 0 fully saturated rings. The molecule has 2 N–H and O–H groups in total. The summed E-state index contributed by atoms with van der Waals surface area (Å²) < 4.78 is 35.5. The van der Waals surface area contributed by atoms with Crippen LogP contribution < -0.4 is 9.46 Å². The number of rotatable bonds is 9. The van der Waals surface area contributed by atoms with E-state index in [4.69, 9.17) is 4.74 Å². The van der Waals surface area contributed by atoms with Crippen molar-refractivity contribution in [1.82, 2.24) is 9.29 Å². The molecule has 0 saturated carbocycles. The molecular weight excluding hydrogens is 440 g/mol. The van der Waals surface area contributed by atoms with Crippen molar-refractivity contribution in [2.24, 2.45) is 0 Å². The summed E-state index contributed by atoms with van der Waals surface area (Å²) in [7, 11) is -3.70. The molecule has 0 aliphatic carbocycles. The number of hydrogen-bond donors (Lipinski definition) is 2. The van der Waals surface area contributed by atoms with Crippen molar-refractivity contribution in [3.63, 3.8) is 0 Å². The van der Waals surface area contributed by atoms with Crippen LogP contribution >= 0.6 is 0 Å². The Labute approximate surface area is 192 Å². The Bertz CT molecular complexity index is 1360. The molecule has 1 aromatic heterocycles. The SMILES string of the molecule is CC(C(=O)O)n1cc(CCNS(=O)(=O)c2ccc(Oc3ccccc3)cc2)c2ccccc21. The summed E-state index contributed by atoms with van der Waals surface area (Å²) in [4.78, 5) is 11.6. The maximum absolute atomic E-state index is 12.7. The molecule has 0 bridgehead atoms. The van der Waals surface area contributed by atoms with Crippen LogP contribution in [0.4, 0.5) is 0 Å². The van der Waals surface area contributed by atoms with E-state index in [1.807, 2.05) is 54.6 Å². The molecule has 7 nitrogen and oxygen atoms in total. The highest BCUT2D eigenvalue weighted by atomic mass is 32.2. The van der Waals surface area contributed by atoms with E-state index in [9.17, 15) is 18.3 Å². The topological polar surface area (TPSA) is 97.6 Å². The Morgan fingerprint density at radius 3 is 2.30 bits per heavy atom. The lowest BCUT2D eigenvalue weighted by molar-refractivity contribution is -0.140. The van der Waals surface area contributed by atoms with Gasteiger partial charge in [0.1, 0.15) is 17.5 Å². The molecule has 0 amide bonds. The van der Waals surface area contributed by atoms with Crippen LogP contribution in [0.15, 0.2) is 90.0 Å². The van der Waals surface area contributed by atoms with Gasteiger partial charge >= 0.3 is 5.97 Å². The average molecular weight is 465 g/mol. The van der Waals surface area contributed by atoms with Crippen LogP contribution in [0.3, 0.4) is 0 Å². The van der Waals surface area contributed by atoms with Gasteiger partial charge in [-0.3, -0.25) is 0 Å². The first-order valence-electron chi connectivity index (χ1n) is 10.5. The molecule has 0 aliphatic heterocycles. The van der Waals surface area contributed by atoms with E-state index in [0.29, 0.717) is 17.9 Å². The van der Waals surface area contributed by atoms with E-state index in [1.54, 1.807) is 29.8 Å². The van der Waals surface area contributed by atoms with Crippen molar-refractivity contribution in [1.29, 1.82) is 0 Å². The van der Waals surface area contributed by atoms with Crippen LogP contribution in [0.2, 0.25) is 0 Å². The highest BCUT2D eigenvalue weighted by Crippen LogP contribution is 2.26. The number of hydrogen-bond acceptors (Lipinski definition) is 4. The number of fused-ring (bicyclic) bond motifs is 1. The molecule has 33 heavy (non-hydrogen) atoms. The fraction of sp³-hybridized carbons (Fsp3) is 0.160. The van der Waals surface area contributed by atoms with E-state index >= 15 is 0 Å². The minimum atomic E-state index is -3.70. The summed E-state index contributed by atoms with van der Waals surface area (Å²) in [5.74, 6) is 0.283. The fourth-order valence-electron chi connectivity index (χ4n) is 3.63. The van der Waals surface area contributed by atoms with Gasteiger partial charge in [0, 0.05) is 23.6 Å². The van der Waals surface area contributed by atoms with Crippen LogP contribution in [-0.2, 0) is 21.2 Å². The van der Waals surface area contributed by atoms with Gasteiger partial charge in [-0.25, -0.2) is 17.9 Å². The number of carboxylic acid groups (broad SMARTS) is 1. The highest BCUT2D eigenvalue weighted by Gasteiger charge is 2.19. The quantitative estimate of drug-likeness (QED) is 0.377. The Kier molecular flexibility index (Phi) is 6.48. The van der Waals surface area contributed by atoms with Crippen LogP contribution in [0.25, 0.3) is 10.9 Å². The first-order chi connectivity index (χ1) is 15.8. The summed E-state index contributed by atoms with van der Waals surface area (Å²) in [6.45, 7) is 1.80. The molecule has 1 unspecified atom stereocenters. The van der Waals surface area contributed by atoms with Gasteiger partial charge in [-0.1, -0.05) is 36.4 Å². The molecule has 4 aromatic rings. The second-order valence-corrected chi connectivity index (χ2v) is 9.39. The van der Waals surface area contributed by atoms with E-state index in [1.165, 1.54) is 12.1 Å². The lowest BCUT2D eigenvalue weighted by Crippen LogP contribution is -2.26. The average Bonchev–Trinajstić information content (AvgIpc) is 3.18. The molecule has 1 heterocycles. The van der Waals surface area contributed by atoms with E-state index in [-0.39, 0.29) is 11.4 Å². The lowest BCUT2D eigenvalue weighted by Gasteiger charge is -2.09. The third-order valence-electron chi connectivity index (χ3n) is 5.40. The normalized spacial score (nSPS) is 12.5. The molecule has 0 radical (unpaired) electrons. The number of carboxylic acids is 1. The van der Waals surface area contributed by atoms with Gasteiger partial charge in [0.15, 0.2) is 0 Å². The molecule has 170 valence electrons. The van der Waals surface area contributed by atoms with Gasteiger partial charge in [-0.15, -0.1) is 0 Å². The summed E-state index contributed by atoms with van der Waals surface area (Å²) in [5, 5.41) is 10.3. The first-order valence-corrected chi connectivity index (χ1v) is 12.0. The van der Waals surface area contributed by atoms with Crippen molar-refractivity contribution in [2.45, 2.75) is 24.3 Å². The number of sulfonamides is 1. The number of nitrogens with one attached hydrogen (secondary N) is 1.